The molecule has 2 N–H and O–H groups in total. The molecule has 1 aromatic carbocycles. The maximum atomic E-state index is 5.83. The van der Waals surface area contributed by atoms with Crippen molar-refractivity contribution in [1.29, 1.82) is 0 Å². The molecule has 0 aliphatic carbocycles. The van der Waals surface area contributed by atoms with Gasteiger partial charge in [-0.1, -0.05) is 28.1 Å². The highest BCUT2D eigenvalue weighted by Gasteiger charge is 2.05. The Morgan fingerprint density at radius 1 is 1.27 bits per heavy atom. The number of nitrogens with two attached hydrogens (primary N) is 1. The molecule has 0 aliphatic heterocycles. The molecule has 0 radical (unpaired) electrons. The average molecular weight is 282 g/mol. The first-order chi connectivity index (χ1) is 7.16. The van der Waals surface area contributed by atoms with Crippen LogP contribution in [-0.2, 0) is 0 Å². The Balaban J connectivity index is 2.33. The topological polar surface area (TPSA) is 26.0 Å². The standard InChI is InChI=1S/C12H12BrNS/c1-8(14)10-6-12(15-7-10)9-2-4-11(13)5-3-9/h2-8H,14H2,1H3. The van der Waals surface area contributed by atoms with Gasteiger partial charge in [0.25, 0.3) is 0 Å². The third kappa shape index (κ3) is 2.48. The van der Waals surface area contributed by atoms with Gasteiger partial charge in [-0.3, -0.25) is 0 Å². The molecule has 0 aliphatic rings. The summed E-state index contributed by atoms with van der Waals surface area (Å²) >= 11 is 5.17. The summed E-state index contributed by atoms with van der Waals surface area (Å²) in [5.41, 5.74) is 8.28. The molecular weight excluding hydrogens is 270 g/mol. The van der Waals surface area contributed by atoms with Gasteiger partial charge < -0.3 is 5.73 Å². The van der Waals surface area contributed by atoms with Crippen molar-refractivity contribution in [2.45, 2.75) is 13.0 Å². The lowest BCUT2D eigenvalue weighted by Gasteiger charge is -1.99. The van der Waals surface area contributed by atoms with Gasteiger partial charge in [-0.15, -0.1) is 11.3 Å². The predicted octanol–water partition coefficient (Wildman–Crippen LogP) is 4.20. The van der Waals surface area contributed by atoms with Crippen LogP contribution in [0.4, 0.5) is 0 Å². The van der Waals surface area contributed by atoms with Gasteiger partial charge in [0, 0.05) is 15.4 Å². The van der Waals surface area contributed by atoms with E-state index in [9.17, 15) is 0 Å². The summed E-state index contributed by atoms with van der Waals surface area (Å²) in [6.45, 7) is 2.01. The molecule has 2 aromatic rings. The normalized spacial score (nSPS) is 12.7. The smallest absolute Gasteiger partial charge is 0.0346 e. The lowest BCUT2D eigenvalue weighted by atomic mass is 10.1. The van der Waals surface area contributed by atoms with Crippen molar-refractivity contribution < 1.29 is 0 Å². The van der Waals surface area contributed by atoms with Crippen LogP contribution < -0.4 is 5.73 Å². The minimum absolute atomic E-state index is 0.116. The molecule has 0 spiro atoms. The molecule has 1 nitrogen and oxygen atoms in total. The van der Waals surface area contributed by atoms with Crippen LogP contribution in [0.2, 0.25) is 0 Å². The van der Waals surface area contributed by atoms with Crippen molar-refractivity contribution in [3.05, 3.63) is 45.7 Å². The Bertz CT molecular complexity index is 445. The van der Waals surface area contributed by atoms with Crippen LogP contribution in [0, 0.1) is 0 Å². The van der Waals surface area contributed by atoms with E-state index in [-0.39, 0.29) is 6.04 Å². The van der Waals surface area contributed by atoms with Crippen LogP contribution in [0.25, 0.3) is 10.4 Å². The second-order valence-corrected chi connectivity index (χ2v) is 5.37. The maximum absolute atomic E-state index is 5.83. The molecule has 15 heavy (non-hydrogen) atoms. The molecule has 0 saturated carbocycles. The highest BCUT2D eigenvalue weighted by molar-refractivity contribution is 9.10. The monoisotopic (exact) mass is 281 g/mol. The summed E-state index contributed by atoms with van der Waals surface area (Å²) in [6.07, 6.45) is 0. The molecule has 1 unspecified atom stereocenters. The molecular formula is C12H12BrNS. The number of rotatable bonds is 2. The fourth-order valence-corrected chi connectivity index (χ4v) is 2.64. The average Bonchev–Trinajstić information content (AvgIpc) is 2.68. The molecule has 0 bridgehead atoms. The van der Waals surface area contributed by atoms with Gasteiger partial charge in [0.05, 0.1) is 0 Å². The summed E-state index contributed by atoms with van der Waals surface area (Å²) < 4.78 is 1.11. The van der Waals surface area contributed by atoms with Crippen molar-refractivity contribution in [2.24, 2.45) is 5.73 Å². The Kier molecular flexibility index (Phi) is 3.24. The van der Waals surface area contributed by atoms with Crippen molar-refractivity contribution in [3.8, 4) is 10.4 Å². The molecule has 1 aromatic heterocycles. The predicted molar refractivity (Wildman–Crippen MR) is 70.1 cm³/mol. The van der Waals surface area contributed by atoms with E-state index in [0.717, 1.165) is 4.47 Å². The Morgan fingerprint density at radius 3 is 2.47 bits per heavy atom. The van der Waals surface area contributed by atoms with E-state index in [1.54, 1.807) is 11.3 Å². The van der Waals surface area contributed by atoms with Crippen LogP contribution >= 0.6 is 27.3 Å². The van der Waals surface area contributed by atoms with E-state index >= 15 is 0 Å². The van der Waals surface area contributed by atoms with Gasteiger partial charge in [-0.25, -0.2) is 0 Å². The van der Waals surface area contributed by atoms with E-state index < -0.39 is 0 Å². The van der Waals surface area contributed by atoms with Crippen molar-refractivity contribution in [2.75, 3.05) is 0 Å². The number of thiophene rings is 1. The fourth-order valence-electron chi connectivity index (χ4n) is 1.36. The highest BCUT2D eigenvalue weighted by atomic mass is 79.9. The van der Waals surface area contributed by atoms with Crippen LogP contribution in [-0.4, -0.2) is 0 Å². The number of benzene rings is 1. The van der Waals surface area contributed by atoms with Gasteiger partial charge in [0.2, 0.25) is 0 Å². The van der Waals surface area contributed by atoms with Crippen molar-refractivity contribution in [3.63, 3.8) is 0 Å². The van der Waals surface area contributed by atoms with Crippen LogP contribution in [0.3, 0.4) is 0 Å². The molecule has 78 valence electrons. The minimum atomic E-state index is 0.116. The quantitative estimate of drug-likeness (QED) is 0.877. The molecule has 0 saturated heterocycles. The number of hydrogen-bond donors (Lipinski definition) is 1. The van der Waals surface area contributed by atoms with Gasteiger partial charge in [0.15, 0.2) is 0 Å². The van der Waals surface area contributed by atoms with Crippen molar-refractivity contribution in [1.82, 2.24) is 0 Å². The third-order valence-corrected chi connectivity index (χ3v) is 3.80. The molecule has 0 fully saturated rings. The van der Waals surface area contributed by atoms with Crippen LogP contribution in [0.15, 0.2) is 40.2 Å². The van der Waals surface area contributed by atoms with Gasteiger partial charge >= 0.3 is 0 Å². The largest absolute Gasteiger partial charge is 0.324 e. The first-order valence-corrected chi connectivity index (χ1v) is 6.44. The van der Waals surface area contributed by atoms with E-state index in [2.05, 4.69) is 51.6 Å². The van der Waals surface area contributed by atoms with Gasteiger partial charge in [-0.2, -0.15) is 0 Å². The molecule has 1 atom stereocenters. The van der Waals surface area contributed by atoms with E-state index in [1.165, 1.54) is 16.0 Å². The molecule has 3 heteroatoms. The van der Waals surface area contributed by atoms with E-state index in [0.29, 0.717) is 0 Å². The Hall–Kier alpha value is -0.640. The first-order valence-electron chi connectivity index (χ1n) is 4.77. The Morgan fingerprint density at radius 2 is 1.93 bits per heavy atom. The molecule has 0 amide bonds. The summed E-state index contributed by atoms with van der Waals surface area (Å²) in [5, 5.41) is 2.13. The third-order valence-electron chi connectivity index (χ3n) is 2.27. The minimum Gasteiger partial charge on any atom is -0.324 e. The summed E-state index contributed by atoms with van der Waals surface area (Å²) in [7, 11) is 0. The SMILES string of the molecule is CC(N)c1csc(-c2ccc(Br)cc2)c1. The van der Waals surface area contributed by atoms with Gasteiger partial charge in [0.1, 0.15) is 0 Å². The second-order valence-electron chi connectivity index (χ2n) is 3.54. The van der Waals surface area contributed by atoms with Crippen LogP contribution in [0.1, 0.15) is 18.5 Å². The zero-order valence-corrected chi connectivity index (χ0v) is 10.8. The molecule has 1 heterocycles. The van der Waals surface area contributed by atoms with Crippen LogP contribution in [0.5, 0.6) is 0 Å². The maximum Gasteiger partial charge on any atom is 0.0346 e. The molecule has 2 rings (SSSR count). The van der Waals surface area contributed by atoms with E-state index in [1.807, 2.05) is 6.92 Å². The fraction of sp³-hybridized carbons (Fsp3) is 0.167. The highest BCUT2D eigenvalue weighted by Crippen LogP contribution is 2.29. The first kappa shape index (κ1) is 10.9. The summed E-state index contributed by atoms with van der Waals surface area (Å²) in [4.78, 5) is 1.27. The zero-order valence-electron chi connectivity index (χ0n) is 8.41. The van der Waals surface area contributed by atoms with Gasteiger partial charge in [-0.05, 0) is 41.6 Å². The lowest BCUT2D eigenvalue weighted by molar-refractivity contribution is 0.823. The van der Waals surface area contributed by atoms with E-state index in [4.69, 9.17) is 5.73 Å². The summed E-state index contributed by atoms with van der Waals surface area (Å²) in [5.74, 6) is 0. The lowest BCUT2D eigenvalue weighted by Crippen LogP contribution is -2.02. The number of halogens is 1. The van der Waals surface area contributed by atoms with Crippen molar-refractivity contribution >= 4 is 27.3 Å². The second kappa shape index (κ2) is 4.47. The summed E-state index contributed by atoms with van der Waals surface area (Å²) in [6, 6.07) is 10.6. The zero-order chi connectivity index (χ0) is 10.8. The Labute approximate surface area is 102 Å². The number of hydrogen-bond acceptors (Lipinski definition) is 2.